The lowest BCUT2D eigenvalue weighted by Gasteiger charge is -2.29. The van der Waals surface area contributed by atoms with Crippen molar-refractivity contribution in [3.63, 3.8) is 0 Å². The molecule has 14 nitrogen and oxygen atoms in total. The Morgan fingerprint density at radius 1 is 0.981 bits per heavy atom. The van der Waals surface area contributed by atoms with Crippen molar-refractivity contribution >= 4 is 39.6 Å². The van der Waals surface area contributed by atoms with E-state index in [-0.39, 0.29) is 17.6 Å². The lowest BCUT2D eigenvalue weighted by atomic mass is 10.1. The summed E-state index contributed by atoms with van der Waals surface area (Å²) in [5, 5.41) is 12.8. The van der Waals surface area contributed by atoms with E-state index >= 15 is 0 Å². The van der Waals surface area contributed by atoms with Crippen LogP contribution in [-0.4, -0.2) is 92.1 Å². The number of pyridine rings is 1. The molecule has 0 radical (unpaired) electrons. The monoisotopic (exact) mass is 701 g/mol. The highest BCUT2D eigenvalue weighted by atomic mass is 19.1. The Bertz CT molecular complexity index is 2440. The van der Waals surface area contributed by atoms with Gasteiger partial charge >= 0.3 is 0 Å². The van der Waals surface area contributed by atoms with Crippen LogP contribution in [0, 0.1) is 11.6 Å². The minimum Gasteiger partial charge on any atom is -0.365 e. The van der Waals surface area contributed by atoms with Crippen molar-refractivity contribution in [1.82, 2.24) is 53.9 Å². The Morgan fingerprint density at radius 2 is 1.88 bits per heavy atom. The highest BCUT2D eigenvalue weighted by Gasteiger charge is 2.40. The minimum atomic E-state index is -0.769. The summed E-state index contributed by atoms with van der Waals surface area (Å²) in [5.41, 5.74) is 4.08. The fourth-order valence-electron chi connectivity index (χ4n) is 7.44. The predicted molar refractivity (Wildman–Crippen MR) is 189 cm³/mol. The molecule has 7 heterocycles. The largest absolute Gasteiger partial charge is 0.365 e. The zero-order chi connectivity index (χ0) is 35.3. The number of aromatic nitrogens is 10. The Kier molecular flexibility index (Phi) is 7.78. The molecular weight excluding hydrogens is 668 g/mol. The smallest absolute Gasteiger partial charge is 0.245 e. The van der Waals surface area contributed by atoms with E-state index in [0.717, 1.165) is 34.2 Å². The highest BCUT2D eigenvalue weighted by molar-refractivity contribution is 5.93. The molecule has 2 aliphatic heterocycles. The molecule has 2 atom stereocenters. The number of benzene rings is 2. The van der Waals surface area contributed by atoms with Crippen LogP contribution in [0.2, 0.25) is 0 Å². The molecule has 1 fully saturated rings. The number of fused-ring (bicyclic) bond motifs is 6. The number of carbonyl (C=O) groups excluding carboxylic acids is 1. The molecule has 0 spiro atoms. The normalized spacial score (nSPS) is 17.8. The number of hydrogen-bond acceptors (Lipinski definition) is 10. The molecule has 262 valence electrons. The van der Waals surface area contributed by atoms with Crippen molar-refractivity contribution < 1.29 is 13.6 Å². The number of carbonyl (C=O) groups is 1. The van der Waals surface area contributed by atoms with E-state index in [0.29, 0.717) is 68.1 Å². The number of hydrogen-bond donors (Lipinski definition) is 1. The zero-order valence-corrected chi connectivity index (χ0v) is 28.1. The summed E-state index contributed by atoms with van der Waals surface area (Å²) in [4.78, 5) is 41.3. The number of anilines is 2. The molecule has 1 amide bonds. The van der Waals surface area contributed by atoms with E-state index in [1.807, 2.05) is 42.3 Å². The molecule has 16 heteroatoms. The third kappa shape index (κ3) is 5.56. The summed E-state index contributed by atoms with van der Waals surface area (Å²) in [6.45, 7) is 2.22. The maximum Gasteiger partial charge on any atom is 0.245 e. The minimum absolute atomic E-state index is 0.0489. The number of rotatable bonds is 5. The van der Waals surface area contributed by atoms with Crippen LogP contribution in [0.1, 0.15) is 18.7 Å². The van der Waals surface area contributed by atoms with Crippen LogP contribution >= 0.6 is 0 Å². The molecule has 4 bridgehead atoms. The number of amides is 1. The number of nitrogens with one attached hydrogen (secondary N) is 1. The molecule has 2 aromatic carbocycles. The molecule has 1 N–H and O–H groups in total. The van der Waals surface area contributed by atoms with E-state index < -0.39 is 17.7 Å². The zero-order valence-electron chi connectivity index (χ0n) is 28.1. The Hall–Kier alpha value is -6.32. The van der Waals surface area contributed by atoms with Gasteiger partial charge in [-0.2, -0.15) is 10.2 Å². The molecular formula is C36H33F2N13O. The van der Waals surface area contributed by atoms with Gasteiger partial charge in [0.2, 0.25) is 5.91 Å². The molecule has 5 aromatic heterocycles. The summed E-state index contributed by atoms with van der Waals surface area (Å²) in [6.07, 6.45) is 7.99. The predicted octanol–water partition coefficient (Wildman–Crippen LogP) is 4.26. The highest BCUT2D eigenvalue weighted by Crippen LogP contribution is 2.34. The number of para-hydroxylation sites is 1. The van der Waals surface area contributed by atoms with Gasteiger partial charge in [-0.25, -0.2) is 38.4 Å². The van der Waals surface area contributed by atoms with Gasteiger partial charge in [0.1, 0.15) is 54.0 Å². The van der Waals surface area contributed by atoms with Gasteiger partial charge in [-0.05, 0) is 43.2 Å². The fraction of sp³-hybridized carbons (Fsp3) is 0.278. The van der Waals surface area contributed by atoms with Gasteiger partial charge in [-0.15, -0.1) is 0 Å². The molecule has 2 aliphatic rings. The molecule has 9 rings (SSSR count). The molecule has 7 aromatic rings. The van der Waals surface area contributed by atoms with Crippen molar-refractivity contribution in [1.29, 1.82) is 0 Å². The summed E-state index contributed by atoms with van der Waals surface area (Å²) < 4.78 is 33.9. The maximum atomic E-state index is 14.8. The maximum absolute atomic E-state index is 14.8. The van der Waals surface area contributed by atoms with E-state index in [2.05, 4.69) is 41.1 Å². The number of halogens is 2. The number of imidazole rings is 1. The number of aryl methyl sites for hydroxylation is 3. The first kappa shape index (κ1) is 31.6. The Balaban J connectivity index is 1.09. The van der Waals surface area contributed by atoms with Crippen molar-refractivity contribution in [2.45, 2.75) is 44.4 Å². The van der Waals surface area contributed by atoms with Gasteiger partial charge in [0, 0.05) is 57.3 Å². The van der Waals surface area contributed by atoms with Crippen LogP contribution in [0.4, 0.5) is 20.4 Å². The molecule has 1 saturated heterocycles. The molecule has 52 heavy (non-hydrogen) atoms. The van der Waals surface area contributed by atoms with Crippen LogP contribution in [-0.2, 0) is 24.3 Å². The first-order chi connectivity index (χ1) is 25.4. The van der Waals surface area contributed by atoms with E-state index in [1.54, 1.807) is 22.1 Å². The summed E-state index contributed by atoms with van der Waals surface area (Å²) in [6, 6.07) is 14.6. The van der Waals surface area contributed by atoms with Crippen molar-refractivity contribution in [2.75, 3.05) is 30.4 Å². The third-order valence-corrected chi connectivity index (χ3v) is 9.85. The van der Waals surface area contributed by atoms with Crippen molar-refractivity contribution in [3.8, 4) is 16.9 Å². The third-order valence-electron chi connectivity index (χ3n) is 9.85. The van der Waals surface area contributed by atoms with E-state index in [1.165, 1.54) is 29.5 Å². The fourth-order valence-corrected chi connectivity index (χ4v) is 7.44. The summed E-state index contributed by atoms with van der Waals surface area (Å²) in [7, 11) is 1.83. The molecule has 0 saturated carbocycles. The van der Waals surface area contributed by atoms with Crippen molar-refractivity contribution in [2.24, 2.45) is 0 Å². The van der Waals surface area contributed by atoms with Gasteiger partial charge in [-0.1, -0.05) is 18.2 Å². The second-order valence-electron chi connectivity index (χ2n) is 13.1. The van der Waals surface area contributed by atoms with Crippen molar-refractivity contribution in [3.05, 3.63) is 97.2 Å². The quantitative estimate of drug-likeness (QED) is 0.277. The molecule has 0 aliphatic carbocycles. The van der Waals surface area contributed by atoms with Gasteiger partial charge in [0.25, 0.3) is 0 Å². The van der Waals surface area contributed by atoms with Crippen LogP contribution in [0.25, 0.3) is 39.0 Å². The molecule has 0 unspecified atom stereocenters. The topological polar surface area (TPSA) is 141 Å². The lowest BCUT2D eigenvalue weighted by molar-refractivity contribution is -0.131. The van der Waals surface area contributed by atoms with Gasteiger partial charge in [-0.3, -0.25) is 9.48 Å². The summed E-state index contributed by atoms with van der Waals surface area (Å²) >= 11 is 0. The standard InChI is InChI=1S/C36H33F2N13O/c1-47-12-4-13-49-32(11-14-48-21-39-19-43-48)46-28-7-2-5-24(33(28)49)27-6-3-8-31(45-27)44-23-16-30(36(47)52)50(18-23)34-25-17-42-51(35(25)41-20-40-34)29-10-9-22(37)15-26(29)38/h2-3,5-10,15,17,19-21,23,30H,4,11-14,16,18H2,1H3,(H,44,45)/t23-,30-/m0/s1. The van der Waals surface area contributed by atoms with E-state index in [9.17, 15) is 13.6 Å². The van der Waals surface area contributed by atoms with Gasteiger partial charge in [0.05, 0.1) is 28.3 Å². The second-order valence-corrected chi connectivity index (χ2v) is 13.1. The average Bonchev–Trinajstić information content (AvgIpc) is 3.96. The van der Waals surface area contributed by atoms with Crippen LogP contribution < -0.4 is 10.2 Å². The first-order valence-electron chi connectivity index (χ1n) is 17.1. The Labute approximate surface area is 295 Å². The van der Waals surface area contributed by atoms with Gasteiger partial charge < -0.3 is 19.7 Å². The first-order valence-corrected chi connectivity index (χ1v) is 17.1. The van der Waals surface area contributed by atoms with Crippen LogP contribution in [0.3, 0.4) is 0 Å². The second kappa shape index (κ2) is 12.8. The van der Waals surface area contributed by atoms with Gasteiger partial charge in [0.15, 0.2) is 11.5 Å². The number of likely N-dealkylation sites (N-methyl/N-ethyl adjacent to an activating group) is 1. The van der Waals surface area contributed by atoms with E-state index in [4.69, 9.17) is 9.97 Å². The lowest BCUT2D eigenvalue weighted by Crippen LogP contribution is -2.45. The van der Waals surface area contributed by atoms with Crippen LogP contribution in [0.5, 0.6) is 0 Å². The Morgan fingerprint density at radius 3 is 2.75 bits per heavy atom. The summed E-state index contributed by atoms with van der Waals surface area (Å²) in [5.74, 6) is 0.600. The SMILES string of the molecule is CN1CCCn2c(CCn3cncn3)nc3cccc(c32)-c2cccc(n2)N[C@H]2C[C@@H](C1=O)N(c1ncnc3c1cnn3-c1ccc(F)cc1F)C2. The number of nitrogens with zero attached hydrogens (tertiary/aromatic N) is 12. The average molecular weight is 702 g/mol. The van der Waals surface area contributed by atoms with Crippen LogP contribution in [0.15, 0.2) is 79.8 Å².